The number of aromatic nitrogens is 1. The Balaban J connectivity index is 3.08. The molecule has 0 aliphatic rings. The molecule has 0 spiro atoms. The summed E-state index contributed by atoms with van der Waals surface area (Å²) in [5, 5.41) is 0.486. The highest BCUT2D eigenvalue weighted by atomic mass is 79.9. The lowest BCUT2D eigenvalue weighted by atomic mass is 10.3. The zero-order valence-electron chi connectivity index (χ0n) is 5.90. The molecule has 0 bridgehead atoms. The Kier molecular flexibility index (Phi) is 3.58. The number of alkyl halides is 3. The Bertz CT molecular complexity index is 278. The van der Waals surface area contributed by atoms with Crippen LogP contribution in [0.3, 0.4) is 0 Å². The lowest BCUT2D eigenvalue weighted by molar-refractivity contribution is 0.145. The molecule has 0 atom stereocenters. The van der Waals surface area contributed by atoms with Gasteiger partial charge < -0.3 is 0 Å². The van der Waals surface area contributed by atoms with Crippen molar-refractivity contribution in [3.63, 3.8) is 0 Å². The van der Waals surface area contributed by atoms with E-state index in [2.05, 4.69) is 36.8 Å². The van der Waals surface area contributed by atoms with Crippen LogP contribution in [0.1, 0.15) is 17.8 Å². The Hall–Kier alpha value is -0.0300. The van der Waals surface area contributed by atoms with Gasteiger partial charge in [-0.3, -0.25) is 0 Å². The maximum absolute atomic E-state index is 12.2. The summed E-state index contributed by atoms with van der Waals surface area (Å²) in [6.45, 7) is 0. The molecule has 66 valence electrons. The zero-order chi connectivity index (χ0) is 9.14. The van der Waals surface area contributed by atoms with Crippen molar-refractivity contribution in [2.45, 2.75) is 11.8 Å². The van der Waals surface area contributed by atoms with Gasteiger partial charge >= 0.3 is 0 Å². The highest BCUT2D eigenvalue weighted by molar-refractivity contribution is 9.10. The van der Waals surface area contributed by atoms with E-state index in [9.17, 15) is 8.78 Å². The summed E-state index contributed by atoms with van der Waals surface area (Å²) in [7, 11) is 0. The van der Waals surface area contributed by atoms with Crippen LogP contribution in [0.5, 0.6) is 0 Å². The van der Waals surface area contributed by atoms with E-state index in [4.69, 9.17) is 0 Å². The molecule has 1 rings (SSSR count). The predicted octanol–water partition coefficient (Wildman–Crippen LogP) is 3.68. The molecule has 5 heteroatoms. The van der Waals surface area contributed by atoms with Crippen LogP contribution in [-0.2, 0) is 5.33 Å². The lowest BCUT2D eigenvalue weighted by Gasteiger charge is -2.03. The standard InChI is InChI=1S/C7H5Br2F2N/c8-3-4-1-2-5(9)6(12-4)7(10)11/h1-2,7H,3H2. The molecule has 1 aromatic heterocycles. The van der Waals surface area contributed by atoms with Crippen molar-refractivity contribution < 1.29 is 8.78 Å². The summed E-state index contributed by atoms with van der Waals surface area (Å²) in [5.41, 5.74) is 0.403. The fourth-order valence-electron chi connectivity index (χ4n) is 0.728. The summed E-state index contributed by atoms with van der Waals surface area (Å²) in [6, 6.07) is 3.26. The van der Waals surface area contributed by atoms with E-state index in [0.29, 0.717) is 15.5 Å². The number of hydrogen-bond acceptors (Lipinski definition) is 1. The number of halogens is 4. The average Bonchev–Trinajstić information content (AvgIpc) is 2.05. The second-order valence-corrected chi connectivity index (χ2v) is 3.52. The van der Waals surface area contributed by atoms with Crippen molar-refractivity contribution in [1.29, 1.82) is 0 Å². The molecule has 0 aliphatic heterocycles. The monoisotopic (exact) mass is 299 g/mol. The molecule has 0 saturated heterocycles. The molecule has 0 unspecified atom stereocenters. The maximum atomic E-state index is 12.2. The summed E-state index contributed by atoms with van der Waals surface area (Å²) in [4.78, 5) is 3.75. The second kappa shape index (κ2) is 4.28. The molecule has 1 heterocycles. The normalized spacial score (nSPS) is 10.8. The minimum atomic E-state index is -2.53. The molecule has 0 amide bonds. The third kappa shape index (κ3) is 2.23. The van der Waals surface area contributed by atoms with Gasteiger partial charge in [-0.2, -0.15) is 0 Å². The maximum Gasteiger partial charge on any atom is 0.281 e. The van der Waals surface area contributed by atoms with E-state index >= 15 is 0 Å². The van der Waals surface area contributed by atoms with Crippen molar-refractivity contribution in [2.75, 3.05) is 0 Å². The summed E-state index contributed by atoms with van der Waals surface area (Å²) >= 11 is 6.14. The summed E-state index contributed by atoms with van der Waals surface area (Å²) in [5.74, 6) is 0. The van der Waals surface area contributed by atoms with Crippen molar-refractivity contribution in [2.24, 2.45) is 0 Å². The number of pyridine rings is 1. The predicted molar refractivity (Wildman–Crippen MR) is 49.5 cm³/mol. The first-order valence-electron chi connectivity index (χ1n) is 3.14. The molecule has 0 saturated carbocycles. The van der Waals surface area contributed by atoms with Gasteiger partial charge in [-0.1, -0.05) is 15.9 Å². The SMILES string of the molecule is FC(F)c1nc(CBr)ccc1Br. The first kappa shape index (κ1) is 10.1. The quantitative estimate of drug-likeness (QED) is 0.759. The Morgan fingerprint density at radius 1 is 1.42 bits per heavy atom. The molecule has 0 fully saturated rings. The van der Waals surface area contributed by atoms with Gasteiger partial charge in [-0.05, 0) is 28.1 Å². The third-order valence-corrected chi connectivity index (χ3v) is 2.52. The Labute approximate surface area is 85.4 Å². The van der Waals surface area contributed by atoms with E-state index in [1.54, 1.807) is 12.1 Å². The molecule has 1 nitrogen and oxygen atoms in total. The molecular formula is C7H5Br2F2N. The molecule has 0 aromatic carbocycles. The Morgan fingerprint density at radius 2 is 2.08 bits per heavy atom. The van der Waals surface area contributed by atoms with Crippen LogP contribution in [0, 0.1) is 0 Å². The fourth-order valence-corrected chi connectivity index (χ4v) is 1.43. The van der Waals surface area contributed by atoms with Gasteiger partial charge in [0.15, 0.2) is 0 Å². The molecule has 0 radical (unpaired) electrons. The summed E-state index contributed by atoms with van der Waals surface area (Å²) in [6.07, 6.45) is -2.53. The van der Waals surface area contributed by atoms with Crippen LogP contribution in [0.25, 0.3) is 0 Å². The van der Waals surface area contributed by atoms with E-state index in [1.165, 1.54) is 0 Å². The number of nitrogens with zero attached hydrogens (tertiary/aromatic N) is 1. The van der Waals surface area contributed by atoms with Gasteiger partial charge in [-0.25, -0.2) is 13.8 Å². The average molecular weight is 301 g/mol. The van der Waals surface area contributed by atoms with Gasteiger partial charge in [-0.15, -0.1) is 0 Å². The summed E-state index contributed by atoms with van der Waals surface area (Å²) < 4.78 is 24.8. The van der Waals surface area contributed by atoms with E-state index < -0.39 is 6.43 Å². The molecule has 0 N–H and O–H groups in total. The first-order chi connectivity index (χ1) is 5.65. The van der Waals surface area contributed by atoms with Crippen LogP contribution in [0.15, 0.2) is 16.6 Å². The van der Waals surface area contributed by atoms with Crippen LogP contribution in [0.4, 0.5) is 8.78 Å². The van der Waals surface area contributed by atoms with Crippen molar-refractivity contribution in [3.8, 4) is 0 Å². The molecule has 12 heavy (non-hydrogen) atoms. The minimum absolute atomic E-state index is 0.202. The van der Waals surface area contributed by atoms with E-state index in [1.807, 2.05) is 0 Å². The van der Waals surface area contributed by atoms with Crippen molar-refractivity contribution >= 4 is 31.9 Å². The van der Waals surface area contributed by atoms with E-state index in [-0.39, 0.29) is 5.69 Å². The highest BCUT2D eigenvalue weighted by Gasteiger charge is 2.13. The smallest absolute Gasteiger partial charge is 0.250 e. The minimum Gasteiger partial charge on any atom is -0.250 e. The van der Waals surface area contributed by atoms with Gasteiger partial charge in [0.2, 0.25) is 0 Å². The van der Waals surface area contributed by atoms with Crippen LogP contribution >= 0.6 is 31.9 Å². The molecule has 0 aliphatic carbocycles. The van der Waals surface area contributed by atoms with Crippen LogP contribution in [-0.4, -0.2) is 4.98 Å². The third-order valence-electron chi connectivity index (χ3n) is 1.27. The van der Waals surface area contributed by atoms with Gasteiger partial charge in [0.1, 0.15) is 5.69 Å². The van der Waals surface area contributed by atoms with E-state index in [0.717, 1.165) is 0 Å². The number of rotatable bonds is 2. The van der Waals surface area contributed by atoms with Gasteiger partial charge in [0.25, 0.3) is 6.43 Å². The van der Waals surface area contributed by atoms with Gasteiger partial charge in [0.05, 0.1) is 5.69 Å². The fraction of sp³-hybridized carbons (Fsp3) is 0.286. The first-order valence-corrected chi connectivity index (χ1v) is 5.06. The van der Waals surface area contributed by atoms with Crippen molar-refractivity contribution in [3.05, 3.63) is 28.0 Å². The highest BCUT2D eigenvalue weighted by Crippen LogP contribution is 2.25. The largest absolute Gasteiger partial charge is 0.281 e. The van der Waals surface area contributed by atoms with Crippen LogP contribution in [0.2, 0.25) is 0 Å². The molecule has 1 aromatic rings. The van der Waals surface area contributed by atoms with Crippen molar-refractivity contribution in [1.82, 2.24) is 4.98 Å². The van der Waals surface area contributed by atoms with Gasteiger partial charge in [0, 0.05) is 9.80 Å². The molecular weight excluding hydrogens is 296 g/mol. The zero-order valence-corrected chi connectivity index (χ0v) is 9.07. The Morgan fingerprint density at radius 3 is 2.58 bits per heavy atom. The topological polar surface area (TPSA) is 12.9 Å². The van der Waals surface area contributed by atoms with Crippen LogP contribution < -0.4 is 0 Å². The lowest BCUT2D eigenvalue weighted by Crippen LogP contribution is -1.95. The number of hydrogen-bond donors (Lipinski definition) is 0. The second-order valence-electron chi connectivity index (χ2n) is 2.10.